The highest BCUT2D eigenvalue weighted by molar-refractivity contribution is 6.00. The molecule has 0 atom stereocenters. The van der Waals surface area contributed by atoms with Crippen LogP contribution in [0.4, 0.5) is 10.1 Å². The van der Waals surface area contributed by atoms with E-state index in [4.69, 9.17) is 5.26 Å². The largest absolute Gasteiger partial charge is 0.311 e. The number of benzene rings is 1. The van der Waals surface area contributed by atoms with Crippen molar-refractivity contribution in [3.05, 3.63) is 30.1 Å². The van der Waals surface area contributed by atoms with Gasteiger partial charge in [0.15, 0.2) is 0 Å². The van der Waals surface area contributed by atoms with E-state index in [1.54, 1.807) is 12.1 Å². The van der Waals surface area contributed by atoms with Crippen LogP contribution in [0.5, 0.6) is 0 Å². The second-order valence-corrected chi connectivity index (χ2v) is 4.01. The number of amides is 1. The van der Waals surface area contributed by atoms with Crippen molar-refractivity contribution in [2.75, 3.05) is 11.9 Å². The van der Waals surface area contributed by atoms with E-state index >= 15 is 0 Å². The highest BCUT2D eigenvalue weighted by Crippen LogP contribution is 2.46. The second-order valence-electron chi connectivity index (χ2n) is 4.01. The number of rotatable bonds is 2. The lowest BCUT2D eigenvalue weighted by Gasteiger charge is -2.20. The van der Waals surface area contributed by atoms with Gasteiger partial charge in [0.2, 0.25) is 5.91 Å². The van der Waals surface area contributed by atoms with Gasteiger partial charge in [-0.2, -0.15) is 5.26 Å². The molecule has 1 aromatic carbocycles. The Balaban J connectivity index is 2.27. The smallest absolute Gasteiger partial charge is 0.247 e. The Kier molecular flexibility index (Phi) is 2.39. The van der Waals surface area contributed by atoms with Crippen LogP contribution in [0.1, 0.15) is 12.8 Å². The Hall–Kier alpha value is -1.89. The van der Waals surface area contributed by atoms with Gasteiger partial charge in [-0.25, -0.2) is 4.39 Å². The molecule has 4 heteroatoms. The standard InChI is InChI=1S/C12H11FN2O/c1-15(10-5-3-2-4-9(10)13)11(16)12(8-14)6-7-12/h2-5H,6-7H2,1H3. The molecule has 1 aromatic rings. The van der Waals surface area contributed by atoms with Crippen LogP contribution in [0.15, 0.2) is 24.3 Å². The third-order valence-electron chi connectivity index (χ3n) is 2.89. The zero-order valence-corrected chi connectivity index (χ0v) is 8.90. The SMILES string of the molecule is CN(C(=O)C1(C#N)CC1)c1ccccc1F. The third-order valence-corrected chi connectivity index (χ3v) is 2.89. The maximum absolute atomic E-state index is 13.4. The molecule has 1 saturated carbocycles. The van der Waals surface area contributed by atoms with E-state index in [2.05, 4.69) is 0 Å². The van der Waals surface area contributed by atoms with Gasteiger partial charge in [0, 0.05) is 7.05 Å². The van der Waals surface area contributed by atoms with Gasteiger partial charge in [-0.05, 0) is 25.0 Å². The molecule has 16 heavy (non-hydrogen) atoms. The topological polar surface area (TPSA) is 44.1 Å². The summed E-state index contributed by atoms with van der Waals surface area (Å²) in [6.45, 7) is 0. The molecule has 1 aliphatic carbocycles. The van der Waals surface area contributed by atoms with E-state index in [-0.39, 0.29) is 11.6 Å². The number of nitriles is 1. The summed E-state index contributed by atoms with van der Waals surface area (Å²) in [5, 5.41) is 8.90. The summed E-state index contributed by atoms with van der Waals surface area (Å²) in [5.74, 6) is -0.771. The molecule has 0 aromatic heterocycles. The Morgan fingerprint density at radius 3 is 2.62 bits per heavy atom. The van der Waals surface area contributed by atoms with Crippen molar-refractivity contribution < 1.29 is 9.18 Å². The van der Waals surface area contributed by atoms with Gasteiger partial charge in [0.25, 0.3) is 0 Å². The summed E-state index contributed by atoms with van der Waals surface area (Å²) in [6, 6.07) is 8.06. The normalized spacial score (nSPS) is 16.3. The van der Waals surface area contributed by atoms with Crippen molar-refractivity contribution >= 4 is 11.6 Å². The van der Waals surface area contributed by atoms with Crippen LogP contribution in [0.25, 0.3) is 0 Å². The van der Waals surface area contributed by atoms with E-state index in [0.717, 1.165) is 0 Å². The van der Waals surface area contributed by atoms with Crippen LogP contribution in [0.3, 0.4) is 0 Å². The number of hydrogen-bond acceptors (Lipinski definition) is 2. The molecule has 1 fully saturated rings. The zero-order valence-electron chi connectivity index (χ0n) is 8.90. The van der Waals surface area contributed by atoms with E-state index in [9.17, 15) is 9.18 Å². The number of carbonyl (C=O) groups excluding carboxylic acids is 1. The average molecular weight is 218 g/mol. The first-order chi connectivity index (χ1) is 7.60. The Morgan fingerprint density at radius 1 is 1.50 bits per heavy atom. The molecule has 3 nitrogen and oxygen atoms in total. The number of hydrogen-bond donors (Lipinski definition) is 0. The minimum atomic E-state index is -0.906. The van der Waals surface area contributed by atoms with Gasteiger partial charge < -0.3 is 4.90 Å². The number of halogens is 1. The average Bonchev–Trinajstić information content (AvgIpc) is 3.09. The molecular formula is C12H11FN2O. The van der Waals surface area contributed by atoms with Crippen LogP contribution in [0.2, 0.25) is 0 Å². The molecule has 0 radical (unpaired) electrons. The second kappa shape index (κ2) is 3.60. The van der Waals surface area contributed by atoms with E-state index in [1.807, 2.05) is 6.07 Å². The van der Waals surface area contributed by atoms with E-state index in [1.165, 1.54) is 24.1 Å². The Morgan fingerprint density at radius 2 is 2.12 bits per heavy atom. The van der Waals surface area contributed by atoms with Gasteiger partial charge in [-0.3, -0.25) is 4.79 Å². The van der Waals surface area contributed by atoms with Crippen molar-refractivity contribution in [3.63, 3.8) is 0 Å². The summed E-state index contributed by atoms with van der Waals surface area (Å²) >= 11 is 0. The fraction of sp³-hybridized carbons (Fsp3) is 0.333. The van der Waals surface area contributed by atoms with Crippen molar-refractivity contribution in [1.82, 2.24) is 0 Å². The first-order valence-electron chi connectivity index (χ1n) is 5.05. The fourth-order valence-corrected chi connectivity index (χ4v) is 1.65. The highest BCUT2D eigenvalue weighted by atomic mass is 19.1. The molecule has 0 bridgehead atoms. The zero-order chi connectivity index (χ0) is 11.8. The maximum atomic E-state index is 13.4. The molecular weight excluding hydrogens is 207 g/mol. The van der Waals surface area contributed by atoms with Crippen molar-refractivity contribution in [1.29, 1.82) is 5.26 Å². The van der Waals surface area contributed by atoms with Crippen molar-refractivity contribution in [2.45, 2.75) is 12.8 Å². The fourth-order valence-electron chi connectivity index (χ4n) is 1.65. The van der Waals surface area contributed by atoms with E-state index < -0.39 is 11.2 Å². The molecule has 0 spiro atoms. The lowest BCUT2D eigenvalue weighted by Crippen LogP contribution is -2.33. The Bertz CT molecular complexity index is 474. The summed E-state index contributed by atoms with van der Waals surface area (Å²) < 4.78 is 13.4. The molecule has 1 amide bonds. The van der Waals surface area contributed by atoms with E-state index in [0.29, 0.717) is 12.8 Å². The molecule has 0 aliphatic heterocycles. The maximum Gasteiger partial charge on any atom is 0.247 e. The van der Waals surface area contributed by atoms with Crippen molar-refractivity contribution in [3.8, 4) is 6.07 Å². The van der Waals surface area contributed by atoms with Crippen LogP contribution in [-0.2, 0) is 4.79 Å². The molecule has 1 aliphatic rings. The van der Waals surface area contributed by atoms with Crippen molar-refractivity contribution in [2.24, 2.45) is 5.41 Å². The molecule has 82 valence electrons. The monoisotopic (exact) mass is 218 g/mol. The number of nitrogens with zero attached hydrogens (tertiary/aromatic N) is 2. The van der Waals surface area contributed by atoms with Crippen LogP contribution in [0, 0.1) is 22.6 Å². The highest BCUT2D eigenvalue weighted by Gasteiger charge is 2.52. The van der Waals surface area contributed by atoms with Crippen LogP contribution >= 0.6 is 0 Å². The van der Waals surface area contributed by atoms with Gasteiger partial charge in [-0.15, -0.1) is 0 Å². The molecule has 0 saturated heterocycles. The van der Waals surface area contributed by atoms with Gasteiger partial charge in [0.05, 0.1) is 11.8 Å². The third kappa shape index (κ3) is 1.54. The molecule has 0 heterocycles. The molecule has 0 unspecified atom stereocenters. The minimum Gasteiger partial charge on any atom is -0.311 e. The predicted molar refractivity (Wildman–Crippen MR) is 57.1 cm³/mol. The predicted octanol–water partition coefficient (Wildman–Crippen LogP) is 2.09. The van der Waals surface area contributed by atoms with Gasteiger partial charge in [0.1, 0.15) is 11.2 Å². The van der Waals surface area contributed by atoms with Crippen LogP contribution < -0.4 is 4.90 Å². The minimum absolute atomic E-state index is 0.217. The number of para-hydroxylation sites is 1. The first-order valence-corrected chi connectivity index (χ1v) is 5.05. The quantitative estimate of drug-likeness (QED) is 0.762. The Labute approximate surface area is 93.1 Å². The van der Waals surface area contributed by atoms with Gasteiger partial charge in [-0.1, -0.05) is 12.1 Å². The number of carbonyl (C=O) groups is 1. The lowest BCUT2D eigenvalue weighted by atomic mass is 10.1. The van der Waals surface area contributed by atoms with Crippen LogP contribution in [-0.4, -0.2) is 13.0 Å². The summed E-state index contributed by atoms with van der Waals surface area (Å²) in [5.41, 5.74) is -0.689. The molecule has 0 N–H and O–H groups in total. The molecule has 2 rings (SSSR count). The van der Waals surface area contributed by atoms with Gasteiger partial charge >= 0.3 is 0 Å². The first kappa shape index (κ1) is 10.6. The lowest BCUT2D eigenvalue weighted by molar-refractivity contribution is -0.121. The summed E-state index contributed by atoms with van der Waals surface area (Å²) in [4.78, 5) is 13.2. The summed E-state index contributed by atoms with van der Waals surface area (Å²) in [6.07, 6.45) is 1.14. The number of anilines is 1. The summed E-state index contributed by atoms with van der Waals surface area (Å²) in [7, 11) is 1.50.